The molecule has 0 aromatic rings. The van der Waals surface area contributed by atoms with Gasteiger partial charge in [-0.2, -0.15) is 0 Å². The summed E-state index contributed by atoms with van der Waals surface area (Å²) in [6, 6.07) is 0. The van der Waals surface area contributed by atoms with Gasteiger partial charge in [0, 0.05) is 36.4 Å². The van der Waals surface area contributed by atoms with Crippen molar-refractivity contribution in [3.05, 3.63) is 23.9 Å². The number of nitrogens with one attached hydrogen (secondary N) is 2. The van der Waals surface area contributed by atoms with E-state index in [1.165, 1.54) is 6.08 Å². The molecule has 2 atom stereocenters. The maximum atomic E-state index is 13.1. The first-order chi connectivity index (χ1) is 9.79. The lowest BCUT2D eigenvalue weighted by Gasteiger charge is -2.23. The van der Waals surface area contributed by atoms with E-state index in [1.54, 1.807) is 12.2 Å². The highest BCUT2D eigenvalue weighted by molar-refractivity contribution is 7.90. The number of rotatable bonds is 7. The number of allylic oxidation sites excluding steroid dienone is 4. The first-order valence-corrected chi connectivity index (χ1v) is 8.40. The van der Waals surface area contributed by atoms with Gasteiger partial charge >= 0.3 is 0 Å². The molecule has 0 aromatic heterocycles. The summed E-state index contributed by atoms with van der Waals surface area (Å²) in [6.45, 7) is 6.35. The highest BCUT2D eigenvalue weighted by atomic mass is 32.2. The van der Waals surface area contributed by atoms with Crippen molar-refractivity contribution in [2.24, 2.45) is 0 Å². The first-order valence-electron chi connectivity index (χ1n) is 7.25. The van der Waals surface area contributed by atoms with Crippen molar-refractivity contribution < 1.29 is 13.7 Å². The Morgan fingerprint density at radius 1 is 1.48 bits per heavy atom. The summed E-state index contributed by atoms with van der Waals surface area (Å²) in [5, 5.41) is 2.72. The number of unbranched alkanes of at least 4 members (excludes halogenated alkanes) is 1. The smallest absolute Gasteiger partial charge is 0.224 e. The molecule has 0 aromatic carbocycles. The van der Waals surface area contributed by atoms with Crippen LogP contribution in [0.1, 0.15) is 46.5 Å². The zero-order valence-electron chi connectivity index (χ0n) is 12.9. The average Bonchev–Trinajstić information content (AvgIpc) is 2.36. The molecule has 0 saturated carbocycles. The molecule has 1 aliphatic rings. The van der Waals surface area contributed by atoms with Crippen molar-refractivity contribution in [3.8, 4) is 0 Å². The molecule has 6 heteroatoms. The molecule has 1 amide bonds. The standard InChI is InChI=1S/C15H25FN2O2S/c1-15(2,3)21(20)17-10-5-4-9-14(19)18-13-8-6-7-12(16)11-13/h6-8,12,17H,4-5,9-11H2,1-3H3,(H,18,19). The number of carbonyl (C=O) groups excluding carboxylic acids is 1. The molecule has 0 radical (unpaired) electrons. The molecular formula is C15H25FN2O2S. The molecule has 21 heavy (non-hydrogen) atoms. The van der Waals surface area contributed by atoms with Crippen LogP contribution in [-0.4, -0.2) is 27.9 Å². The van der Waals surface area contributed by atoms with Crippen molar-refractivity contribution in [1.82, 2.24) is 10.0 Å². The Kier molecular flexibility index (Phi) is 7.42. The van der Waals surface area contributed by atoms with Gasteiger partial charge in [0.15, 0.2) is 0 Å². The molecular weight excluding hydrogens is 291 g/mol. The molecule has 120 valence electrons. The van der Waals surface area contributed by atoms with E-state index in [1.807, 2.05) is 20.8 Å². The monoisotopic (exact) mass is 316 g/mol. The fourth-order valence-corrected chi connectivity index (χ4v) is 2.53. The van der Waals surface area contributed by atoms with Crippen LogP contribution in [0.2, 0.25) is 0 Å². The predicted molar refractivity (Wildman–Crippen MR) is 84.6 cm³/mol. The fourth-order valence-electron chi connectivity index (χ4n) is 1.76. The van der Waals surface area contributed by atoms with Crippen molar-refractivity contribution in [2.45, 2.75) is 57.4 Å². The second-order valence-corrected chi connectivity index (χ2v) is 8.13. The van der Waals surface area contributed by atoms with Crippen molar-refractivity contribution in [2.75, 3.05) is 6.54 Å². The highest BCUT2D eigenvalue weighted by Gasteiger charge is 2.25. The van der Waals surface area contributed by atoms with Gasteiger partial charge in [0.25, 0.3) is 0 Å². The Balaban J connectivity index is 2.12. The van der Waals surface area contributed by atoms with E-state index in [9.17, 15) is 13.7 Å². The van der Waals surface area contributed by atoms with Crippen molar-refractivity contribution in [1.29, 1.82) is 0 Å². The summed E-state index contributed by atoms with van der Waals surface area (Å²) in [6.07, 6.45) is 5.91. The minimum Gasteiger partial charge on any atom is -0.598 e. The Bertz CT molecular complexity index is 405. The summed E-state index contributed by atoms with van der Waals surface area (Å²) in [7, 11) is 0. The van der Waals surface area contributed by atoms with Gasteiger partial charge in [-0.05, 0) is 39.7 Å². The Hall–Kier alpha value is -0.850. The molecule has 0 heterocycles. The normalized spacial score (nSPS) is 20.0. The number of hydrogen-bond donors (Lipinski definition) is 2. The van der Waals surface area contributed by atoms with Gasteiger partial charge in [0.2, 0.25) is 5.91 Å². The quantitative estimate of drug-likeness (QED) is 0.560. The van der Waals surface area contributed by atoms with Crippen molar-refractivity contribution in [3.63, 3.8) is 0 Å². The van der Waals surface area contributed by atoms with E-state index in [-0.39, 0.29) is 17.1 Å². The van der Waals surface area contributed by atoms with E-state index in [2.05, 4.69) is 10.0 Å². The second kappa shape index (κ2) is 8.56. The van der Waals surface area contributed by atoms with Crippen LogP contribution in [-0.2, 0) is 16.2 Å². The third-order valence-electron chi connectivity index (χ3n) is 2.95. The summed E-state index contributed by atoms with van der Waals surface area (Å²) in [5.41, 5.74) is 0.627. The summed E-state index contributed by atoms with van der Waals surface area (Å²) >= 11 is -1.07. The number of halogens is 1. The molecule has 0 aliphatic heterocycles. The minimum absolute atomic E-state index is 0.0966. The maximum Gasteiger partial charge on any atom is 0.224 e. The van der Waals surface area contributed by atoms with E-state index in [0.29, 0.717) is 25.1 Å². The molecule has 2 unspecified atom stereocenters. The molecule has 0 spiro atoms. The number of carbonyl (C=O) groups is 1. The average molecular weight is 316 g/mol. The lowest BCUT2D eigenvalue weighted by atomic mass is 10.1. The van der Waals surface area contributed by atoms with Crippen LogP contribution in [0, 0.1) is 0 Å². The van der Waals surface area contributed by atoms with E-state index in [4.69, 9.17) is 0 Å². The maximum absolute atomic E-state index is 13.1. The Labute approximate surface area is 129 Å². The third kappa shape index (κ3) is 7.64. The van der Waals surface area contributed by atoms with Gasteiger partial charge in [0.1, 0.15) is 10.9 Å². The summed E-state index contributed by atoms with van der Waals surface area (Å²) < 4.78 is 27.5. The molecule has 0 fully saturated rings. The molecule has 2 N–H and O–H groups in total. The third-order valence-corrected chi connectivity index (χ3v) is 4.53. The lowest BCUT2D eigenvalue weighted by Crippen LogP contribution is -2.39. The molecule has 0 bridgehead atoms. The number of amides is 1. The van der Waals surface area contributed by atoms with Crippen molar-refractivity contribution >= 4 is 17.3 Å². The zero-order chi connectivity index (χ0) is 15.9. The Morgan fingerprint density at radius 2 is 2.19 bits per heavy atom. The van der Waals surface area contributed by atoms with Crippen LogP contribution < -0.4 is 10.0 Å². The second-order valence-electron chi connectivity index (χ2n) is 6.08. The largest absolute Gasteiger partial charge is 0.598 e. The van der Waals surface area contributed by atoms with Crippen LogP contribution in [0.5, 0.6) is 0 Å². The first kappa shape index (κ1) is 18.2. The number of alkyl halides is 1. The van der Waals surface area contributed by atoms with E-state index >= 15 is 0 Å². The molecule has 4 nitrogen and oxygen atoms in total. The Morgan fingerprint density at radius 3 is 2.81 bits per heavy atom. The molecule has 1 rings (SSSR count). The SMILES string of the molecule is CC(C)(C)[S+]([O-])NCCCCC(=O)NC1=CC=CC(F)C1. The molecule has 0 saturated heterocycles. The molecule has 1 aliphatic carbocycles. The highest BCUT2D eigenvalue weighted by Crippen LogP contribution is 2.14. The minimum atomic E-state index is -1.07. The zero-order valence-corrected chi connectivity index (χ0v) is 13.8. The summed E-state index contributed by atoms with van der Waals surface area (Å²) in [4.78, 5) is 11.7. The van der Waals surface area contributed by atoms with Crippen LogP contribution in [0.3, 0.4) is 0 Å². The van der Waals surface area contributed by atoms with Crippen LogP contribution in [0.4, 0.5) is 4.39 Å². The van der Waals surface area contributed by atoms with Crippen LogP contribution >= 0.6 is 0 Å². The van der Waals surface area contributed by atoms with E-state index in [0.717, 1.165) is 6.42 Å². The van der Waals surface area contributed by atoms with Gasteiger partial charge in [-0.3, -0.25) is 4.79 Å². The number of hydrogen-bond acceptors (Lipinski definition) is 3. The summed E-state index contributed by atoms with van der Waals surface area (Å²) in [5.74, 6) is -0.0966. The van der Waals surface area contributed by atoms with Crippen LogP contribution in [0.25, 0.3) is 0 Å². The van der Waals surface area contributed by atoms with Gasteiger partial charge in [-0.25, -0.2) is 4.39 Å². The fraction of sp³-hybridized carbons (Fsp3) is 0.667. The topological polar surface area (TPSA) is 64.2 Å². The van der Waals surface area contributed by atoms with Gasteiger partial charge in [-0.1, -0.05) is 12.2 Å². The van der Waals surface area contributed by atoms with E-state index < -0.39 is 17.5 Å². The van der Waals surface area contributed by atoms with Crippen LogP contribution in [0.15, 0.2) is 23.9 Å². The lowest BCUT2D eigenvalue weighted by molar-refractivity contribution is -0.120. The van der Waals surface area contributed by atoms with Gasteiger partial charge in [0.05, 0.1) is 0 Å². The van der Waals surface area contributed by atoms with Gasteiger partial charge < -0.3 is 9.87 Å². The van der Waals surface area contributed by atoms with Gasteiger partial charge in [-0.15, -0.1) is 4.72 Å². The predicted octanol–water partition coefficient (Wildman–Crippen LogP) is 2.51.